The van der Waals surface area contributed by atoms with Crippen LogP contribution in [-0.2, 0) is 4.74 Å². The molecule has 0 aliphatic rings. The number of benzene rings is 2. The highest BCUT2D eigenvalue weighted by molar-refractivity contribution is 7.17. The number of aryl methyl sites for hydroxylation is 1. The predicted molar refractivity (Wildman–Crippen MR) is 111 cm³/mol. The lowest BCUT2D eigenvalue weighted by molar-refractivity contribution is 0.102. The van der Waals surface area contributed by atoms with Crippen molar-refractivity contribution in [1.82, 2.24) is 4.98 Å². The van der Waals surface area contributed by atoms with E-state index in [-0.39, 0.29) is 11.7 Å². The zero-order valence-electron chi connectivity index (χ0n) is 16.3. The second kappa shape index (κ2) is 9.49. The molecule has 0 atom stereocenters. The molecular formula is C21H21FN2O4S. The van der Waals surface area contributed by atoms with E-state index < -0.39 is 0 Å². The van der Waals surface area contributed by atoms with Crippen LogP contribution in [0.5, 0.6) is 11.5 Å². The zero-order valence-corrected chi connectivity index (χ0v) is 17.1. The summed E-state index contributed by atoms with van der Waals surface area (Å²) in [6.07, 6.45) is 0. The standard InChI is InChI=1S/C21H21FN2O4S/c1-13-19(29-21(23-13)14-4-6-15(22)7-5-14)20(25)24-16-8-9-17(27-3)18(12-16)28-11-10-26-2/h4-9,12H,10-11H2,1-3H3,(H,24,25). The Balaban J connectivity index is 1.78. The number of halogens is 1. The van der Waals surface area contributed by atoms with Crippen LogP contribution >= 0.6 is 11.3 Å². The van der Waals surface area contributed by atoms with Gasteiger partial charge in [-0.2, -0.15) is 0 Å². The van der Waals surface area contributed by atoms with Gasteiger partial charge in [-0.1, -0.05) is 0 Å². The monoisotopic (exact) mass is 416 g/mol. The minimum absolute atomic E-state index is 0.277. The van der Waals surface area contributed by atoms with Crippen molar-refractivity contribution >= 4 is 22.9 Å². The molecule has 3 aromatic rings. The van der Waals surface area contributed by atoms with E-state index in [1.807, 2.05) is 0 Å². The SMILES string of the molecule is COCCOc1cc(NC(=O)c2sc(-c3ccc(F)cc3)nc2C)ccc1OC. The van der Waals surface area contributed by atoms with Crippen LogP contribution in [0.2, 0.25) is 0 Å². The van der Waals surface area contributed by atoms with Crippen molar-refractivity contribution < 1.29 is 23.4 Å². The maximum Gasteiger partial charge on any atom is 0.267 e. The topological polar surface area (TPSA) is 69.7 Å². The van der Waals surface area contributed by atoms with Gasteiger partial charge >= 0.3 is 0 Å². The molecule has 1 heterocycles. The van der Waals surface area contributed by atoms with Gasteiger partial charge in [0.1, 0.15) is 22.3 Å². The number of rotatable bonds is 8. The highest BCUT2D eigenvalue weighted by Gasteiger charge is 2.17. The van der Waals surface area contributed by atoms with Gasteiger partial charge in [-0.15, -0.1) is 11.3 Å². The van der Waals surface area contributed by atoms with Crippen LogP contribution in [0.4, 0.5) is 10.1 Å². The molecule has 0 aliphatic heterocycles. The fourth-order valence-corrected chi connectivity index (χ4v) is 3.58. The van der Waals surface area contributed by atoms with Crippen LogP contribution in [0.25, 0.3) is 10.6 Å². The number of carbonyl (C=O) groups excluding carboxylic acids is 1. The Kier molecular flexibility index (Phi) is 6.79. The minimum atomic E-state index is -0.317. The molecule has 1 N–H and O–H groups in total. The number of nitrogens with one attached hydrogen (secondary N) is 1. The third-order valence-electron chi connectivity index (χ3n) is 4.06. The van der Waals surface area contributed by atoms with Gasteiger partial charge < -0.3 is 19.5 Å². The summed E-state index contributed by atoms with van der Waals surface area (Å²) in [6.45, 7) is 2.57. The lowest BCUT2D eigenvalue weighted by Gasteiger charge is -2.12. The molecule has 0 spiro atoms. The maximum absolute atomic E-state index is 13.1. The van der Waals surface area contributed by atoms with Crippen molar-refractivity contribution in [2.45, 2.75) is 6.92 Å². The molecular weight excluding hydrogens is 395 g/mol. The van der Waals surface area contributed by atoms with Crippen molar-refractivity contribution in [3.05, 3.63) is 58.9 Å². The predicted octanol–water partition coefficient (Wildman–Crippen LogP) is 4.54. The normalized spacial score (nSPS) is 10.6. The molecule has 0 saturated carbocycles. The summed E-state index contributed by atoms with van der Waals surface area (Å²) in [7, 11) is 3.14. The number of thiazole rings is 1. The fourth-order valence-electron chi connectivity index (χ4n) is 2.61. The number of methoxy groups -OCH3 is 2. The van der Waals surface area contributed by atoms with Crippen LogP contribution < -0.4 is 14.8 Å². The first-order chi connectivity index (χ1) is 14.0. The van der Waals surface area contributed by atoms with E-state index >= 15 is 0 Å². The Morgan fingerprint density at radius 1 is 1.10 bits per heavy atom. The Morgan fingerprint density at radius 3 is 2.55 bits per heavy atom. The molecule has 1 amide bonds. The van der Waals surface area contributed by atoms with Crippen LogP contribution in [0, 0.1) is 12.7 Å². The fraction of sp³-hybridized carbons (Fsp3) is 0.238. The first kappa shape index (κ1) is 20.8. The number of aromatic nitrogens is 1. The second-order valence-electron chi connectivity index (χ2n) is 6.10. The van der Waals surface area contributed by atoms with Crippen LogP contribution in [-0.4, -0.2) is 38.3 Å². The van der Waals surface area contributed by atoms with Crippen molar-refractivity contribution in [1.29, 1.82) is 0 Å². The number of hydrogen-bond donors (Lipinski definition) is 1. The number of anilines is 1. The second-order valence-corrected chi connectivity index (χ2v) is 7.10. The highest BCUT2D eigenvalue weighted by Crippen LogP contribution is 2.32. The van der Waals surface area contributed by atoms with Gasteiger partial charge in [-0.05, 0) is 43.3 Å². The van der Waals surface area contributed by atoms with E-state index in [2.05, 4.69) is 10.3 Å². The van der Waals surface area contributed by atoms with Crippen LogP contribution in [0.3, 0.4) is 0 Å². The first-order valence-corrected chi connectivity index (χ1v) is 9.68. The molecule has 6 nitrogen and oxygen atoms in total. The van der Waals surface area contributed by atoms with Crippen molar-refractivity contribution in [3.8, 4) is 22.1 Å². The summed E-state index contributed by atoms with van der Waals surface area (Å²) in [5, 5.41) is 3.52. The van der Waals surface area contributed by atoms with Gasteiger partial charge in [0, 0.05) is 24.4 Å². The van der Waals surface area contributed by atoms with Crippen LogP contribution in [0.1, 0.15) is 15.4 Å². The van der Waals surface area contributed by atoms with E-state index in [1.54, 1.807) is 51.5 Å². The Bertz CT molecular complexity index is 989. The third-order valence-corrected chi connectivity index (χ3v) is 5.27. The number of ether oxygens (including phenoxy) is 3. The Morgan fingerprint density at radius 2 is 1.86 bits per heavy atom. The van der Waals surface area contributed by atoms with E-state index in [9.17, 15) is 9.18 Å². The molecule has 0 aliphatic carbocycles. The maximum atomic E-state index is 13.1. The first-order valence-electron chi connectivity index (χ1n) is 8.86. The molecule has 3 rings (SSSR count). The zero-order chi connectivity index (χ0) is 20.8. The number of amides is 1. The van der Waals surface area contributed by atoms with E-state index in [1.165, 1.54) is 23.5 Å². The molecule has 1 aromatic heterocycles. The summed E-state index contributed by atoms with van der Waals surface area (Å²) in [5.41, 5.74) is 1.94. The lowest BCUT2D eigenvalue weighted by atomic mass is 10.2. The van der Waals surface area contributed by atoms with E-state index in [0.717, 1.165) is 5.56 Å². The minimum Gasteiger partial charge on any atom is -0.493 e. The van der Waals surface area contributed by atoms with Crippen molar-refractivity contribution in [2.75, 3.05) is 32.8 Å². The quantitative estimate of drug-likeness (QED) is 0.546. The highest BCUT2D eigenvalue weighted by atomic mass is 32.1. The number of hydrogen-bond acceptors (Lipinski definition) is 6. The molecule has 2 aromatic carbocycles. The molecule has 8 heteroatoms. The largest absolute Gasteiger partial charge is 0.493 e. The smallest absolute Gasteiger partial charge is 0.267 e. The van der Waals surface area contributed by atoms with Gasteiger partial charge in [0.15, 0.2) is 11.5 Å². The molecule has 152 valence electrons. The van der Waals surface area contributed by atoms with E-state index in [0.29, 0.717) is 46.0 Å². The van der Waals surface area contributed by atoms with Crippen molar-refractivity contribution in [2.24, 2.45) is 0 Å². The lowest BCUT2D eigenvalue weighted by Crippen LogP contribution is -2.12. The number of carbonyl (C=O) groups is 1. The average molecular weight is 416 g/mol. The Hall–Kier alpha value is -2.97. The summed E-state index contributed by atoms with van der Waals surface area (Å²) in [6, 6.07) is 11.2. The third kappa shape index (κ3) is 5.10. The number of nitrogens with zero attached hydrogens (tertiary/aromatic N) is 1. The molecule has 0 radical (unpaired) electrons. The van der Waals surface area contributed by atoms with E-state index in [4.69, 9.17) is 14.2 Å². The summed E-state index contributed by atoms with van der Waals surface area (Å²) < 4.78 is 29.1. The van der Waals surface area contributed by atoms with Crippen molar-refractivity contribution in [3.63, 3.8) is 0 Å². The molecule has 0 saturated heterocycles. The van der Waals surface area contributed by atoms with Gasteiger partial charge in [0.25, 0.3) is 5.91 Å². The summed E-state index contributed by atoms with van der Waals surface area (Å²) in [4.78, 5) is 17.7. The molecule has 0 bridgehead atoms. The summed E-state index contributed by atoms with van der Waals surface area (Å²) in [5.74, 6) is 0.478. The van der Waals surface area contributed by atoms with Gasteiger partial charge in [0.05, 0.1) is 19.4 Å². The van der Waals surface area contributed by atoms with Gasteiger partial charge in [0.2, 0.25) is 0 Å². The van der Waals surface area contributed by atoms with Crippen LogP contribution in [0.15, 0.2) is 42.5 Å². The van der Waals surface area contributed by atoms with Gasteiger partial charge in [-0.25, -0.2) is 9.37 Å². The molecule has 29 heavy (non-hydrogen) atoms. The molecule has 0 unspecified atom stereocenters. The van der Waals surface area contributed by atoms with Gasteiger partial charge in [-0.3, -0.25) is 4.79 Å². The molecule has 0 fully saturated rings. The summed E-state index contributed by atoms with van der Waals surface area (Å²) >= 11 is 1.26. The average Bonchev–Trinajstić information content (AvgIpc) is 3.11. The Labute approximate surface area is 172 Å².